The van der Waals surface area contributed by atoms with Gasteiger partial charge in [-0.15, -0.1) is 10.2 Å². The van der Waals surface area contributed by atoms with Crippen molar-refractivity contribution >= 4 is 11.8 Å². The first-order valence-corrected chi connectivity index (χ1v) is 9.01. The van der Waals surface area contributed by atoms with E-state index in [1.54, 1.807) is 0 Å². The van der Waals surface area contributed by atoms with E-state index in [0.717, 1.165) is 49.1 Å². The summed E-state index contributed by atoms with van der Waals surface area (Å²) >= 11 is 0. The van der Waals surface area contributed by atoms with Crippen molar-refractivity contribution in [3.05, 3.63) is 23.4 Å². The zero-order valence-corrected chi connectivity index (χ0v) is 15.8. The number of likely N-dealkylation sites (N-methyl/N-ethyl adjacent to an activating group) is 1. The average molecular weight is 360 g/mol. The maximum Gasteiger partial charge on any atom is 0.222 e. The highest BCUT2D eigenvalue weighted by Crippen LogP contribution is 2.29. The van der Waals surface area contributed by atoms with Crippen molar-refractivity contribution in [2.45, 2.75) is 32.2 Å². The molecule has 0 radical (unpaired) electrons. The molecule has 2 aromatic rings. The Labute approximate surface area is 153 Å². The fraction of sp³-hybridized carbons (Fsp3) is 0.647. The molecule has 0 aromatic carbocycles. The molecular weight excluding hydrogens is 332 g/mol. The van der Waals surface area contributed by atoms with Crippen molar-refractivity contribution < 1.29 is 5.11 Å². The molecule has 0 aliphatic carbocycles. The van der Waals surface area contributed by atoms with Gasteiger partial charge in [-0.25, -0.2) is 4.98 Å². The van der Waals surface area contributed by atoms with E-state index in [0.29, 0.717) is 25.0 Å². The van der Waals surface area contributed by atoms with Gasteiger partial charge in [0.25, 0.3) is 0 Å². The van der Waals surface area contributed by atoms with E-state index < -0.39 is 0 Å². The SMILES string of the molecule is Cc1cc(N2CCC(c3nnc(CN(C)CCO)n3C)CC2)nc(N)n1. The molecule has 1 aliphatic heterocycles. The Balaban J connectivity index is 1.64. The van der Waals surface area contributed by atoms with Gasteiger partial charge in [-0.1, -0.05) is 0 Å². The minimum absolute atomic E-state index is 0.146. The fourth-order valence-electron chi connectivity index (χ4n) is 3.46. The smallest absolute Gasteiger partial charge is 0.222 e. The third kappa shape index (κ3) is 4.10. The van der Waals surface area contributed by atoms with Crippen molar-refractivity contribution in [1.82, 2.24) is 29.6 Å². The van der Waals surface area contributed by atoms with Crippen LogP contribution in [0.2, 0.25) is 0 Å². The van der Waals surface area contributed by atoms with E-state index in [4.69, 9.17) is 10.8 Å². The van der Waals surface area contributed by atoms with Crippen molar-refractivity contribution in [3.63, 3.8) is 0 Å². The van der Waals surface area contributed by atoms with Crippen LogP contribution in [0.25, 0.3) is 0 Å². The van der Waals surface area contributed by atoms with Gasteiger partial charge in [0, 0.05) is 44.4 Å². The largest absolute Gasteiger partial charge is 0.395 e. The number of nitrogens with two attached hydrogens (primary N) is 1. The van der Waals surface area contributed by atoms with E-state index in [1.165, 1.54) is 0 Å². The summed E-state index contributed by atoms with van der Waals surface area (Å²) in [6, 6.07) is 1.98. The van der Waals surface area contributed by atoms with Gasteiger partial charge in [0.15, 0.2) is 0 Å². The van der Waals surface area contributed by atoms with Crippen LogP contribution >= 0.6 is 0 Å². The van der Waals surface area contributed by atoms with Crippen molar-refractivity contribution in [2.75, 3.05) is 43.9 Å². The number of hydrogen-bond donors (Lipinski definition) is 2. The highest BCUT2D eigenvalue weighted by molar-refractivity contribution is 5.43. The van der Waals surface area contributed by atoms with Gasteiger partial charge in [-0.05, 0) is 26.8 Å². The first-order valence-electron chi connectivity index (χ1n) is 9.01. The summed E-state index contributed by atoms with van der Waals surface area (Å²) in [4.78, 5) is 12.8. The number of aliphatic hydroxyl groups excluding tert-OH is 1. The van der Waals surface area contributed by atoms with Gasteiger partial charge in [0.2, 0.25) is 5.95 Å². The van der Waals surface area contributed by atoms with Gasteiger partial charge >= 0.3 is 0 Å². The molecule has 3 rings (SSSR count). The number of nitrogens with zero attached hydrogens (tertiary/aromatic N) is 7. The molecular formula is C17H28N8O. The summed E-state index contributed by atoms with van der Waals surface area (Å²) in [6.45, 7) is 5.21. The maximum atomic E-state index is 9.04. The lowest BCUT2D eigenvalue weighted by Crippen LogP contribution is -2.34. The highest BCUT2D eigenvalue weighted by Gasteiger charge is 2.26. The van der Waals surface area contributed by atoms with Crippen LogP contribution in [-0.2, 0) is 13.6 Å². The van der Waals surface area contributed by atoms with E-state index in [-0.39, 0.29) is 6.61 Å². The molecule has 142 valence electrons. The van der Waals surface area contributed by atoms with Gasteiger partial charge in [-0.3, -0.25) is 4.90 Å². The van der Waals surface area contributed by atoms with Crippen LogP contribution in [0.1, 0.15) is 36.1 Å². The number of aliphatic hydroxyl groups is 1. The minimum atomic E-state index is 0.146. The number of aromatic nitrogens is 5. The summed E-state index contributed by atoms with van der Waals surface area (Å²) in [5.41, 5.74) is 6.67. The Hall–Kier alpha value is -2.26. The second-order valence-corrected chi connectivity index (χ2v) is 6.98. The topological polar surface area (TPSA) is 109 Å². The van der Waals surface area contributed by atoms with Gasteiger partial charge in [0.05, 0.1) is 13.2 Å². The molecule has 2 aromatic heterocycles. The summed E-state index contributed by atoms with van der Waals surface area (Å²) in [5, 5.41) is 17.8. The Morgan fingerprint density at radius 3 is 2.65 bits per heavy atom. The normalized spacial score (nSPS) is 15.8. The lowest BCUT2D eigenvalue weighted by Gasteiger charge is -2.32. The number of hydrogen-bond acceptors (Lipinski definition) is 8. The quantitative estimate of drug-likeness (QED) is 0.757. The second kappa shape index (κ2) is 7.96. The van der Waals surface area contributed by atoms with Crippen LogP contribution in [0.5, 0.6) is 0 Å². The number of nitrogen functional groups attached to an aromatic ring is 1. The molecule has 9 nitrogen and oxygen atoms in total. The number of rotatable bonds is 6. The van der Waals surface area contributed by atoms with Crippen LogP contribution in [0, 0.1) is 6.92 Å². The van der Waals surface area contributed by atoms with E-state index in [1.807, 2.05) is 32.0 Å². The first kappa shape index (κ1) is 18.5. The monoisotopic (exact) mass is 360 g/mol. The number of anilines is 2. The summed E-state index contributed by atoms with van der Waals surface area (Å²) < 4.78 is 2.10. The molecule has 1 fully saturated rings. The zero-order valence-electron chi connectivity index (χ0n) is 15.8. The van der Waals surface area contributed by atoms with Gasteiger partial charge in [-0.2, -0.15) is 4.98 Å². The van der Waals surface area contributed by atoms with Gasteiger partial charge < -0.3 is 20.3 Å². The predicted molar refractivity (Wildman–Crippen MR) is 99.8 cm³/mol. The predicted octanol–water partition coefficient (Wildman–Crippen LogP) is 0.304. The molecule has 0 spiro atoms. The van der Waals surface area contributed by atoms with Crippen LogP contribution in [0.15, 0.2) is 6.07 Å². The molecule has 1 saturated heterocycles. The second-order valence-electron chi connectivity index (χ2n) is 6.98. The molecule has 9 heteroatoms. The van der Waals surface area contributed by atoms with E-state index in [2.05, 4.69) is 29.6 Å². The highest BCUT2D eigenvalue weighted by atomic mass is 16.3. The van der Waals surface area contributed by atoms with Crippen molar-refractivity contribution in [3.8, 4) is 0 Å². The Morgan fingerprint density at radius 2 is 2.00 bits per heavy atom. The van der Waals surface area contributed by atoms with Crippen molar-refractivity contribution in [1.29, 1.82) is 0 Å². The summed E-state index contributed by atoms with van der Waals surface area (Å²) in [6.07, 6.45) is 2.00. The third-order valence-corrected chi connectivity index (χ3v) is 4.93. The number of aryl methyl sites for hydroxylation is 1. The summed E-state index contributed by atoms with van der Waals surface area (Å²) in [7, 11) is 4.00. The van der Waals surface area contributed by atoms with Crippen LogP contribution in [0.3, 0.4) is 0 Å². The fourth-order valence-corrected chi connectivity index (χ4v) is 3.46. The third-order valence-electron chi connectivity index (χ3n) is 4.93. The lowest BCUT2D eigenvalue weighted by atomic mass is 9.96. The molecule has 0 bridgehead atoms. The lowest BCUT2D eigenvalue weighted by molar-refractivity contribution is 0.213. The zero-order chi connectivity index (χ0) is 18.7. The molecule has 3 N–H and O–H groups in total. The molecule has 0 saturated carbocycles. The molecule has 1 aliphatic rings. The Bertz CT molecular complexity index is 718. The summed E-state index contributed by atoms with van der Waals surface area (Å²) in [5.74, 6) is 3.58. The molecule has 0 atom stereocenters. The Kier molecular flexibility index (Phi) is 5.67. The van der Waals surface area contributed by atoms with E-state index >= 15 is 0 Å². The maximum absolute atomic E-state index is 9.04. The van der Waals surface area contributed by atoms with Crippen LogP contribution < -0.4 is 10.6 Å². The van der Waals surface area contributed by atoms with Crippen LogP contribution in [-0.4, -0.2) is 68.0 Å². The van der Waals surface area contributed by atoms with E-state index in [9.17, 15) is 0 Å². The Morgan fingerprint density at radius 1 is 1.27 bits per heavy atom. The minimum Gasteiger partial charge on any atom is -0.395 e. The molecule has 0 amide bonds. The average Bonchev–Trinajstić information content (AvgIpc) is 2.95. The van der Waals surface area contributed by atoms with Crippen molar-refractivity contribution in [2.24, 2.45) is 7.05 Å². The molecule has 3 heterocycles. The molecule has 0 unspecified atom stereocenters. The van der Waals surface area contributed by atoms with Gasteiger partial charge in [0.1, 0.15) is 17.5 Å². The van der Waals surface area contributed by atoms with Crippen LogP contribution in [0.4, 0.5) is 11.8 Å². The first-order chi connectivity index (χ1) is 12.5. The number of piperidine rings is 1. The standard InChI is InChI=1S/C17H28N8O/c1-12-10-14(20-17(18)19-12)25-6-4-13(5-7-25)16-22-21-15(24(16)3)11-23(2)8-9-26/h10,13,26H,4-9,11H2,1-3H3,(H2,18,19,20). The molecule has 26 heavy (non-hydrogen) atoms.